The maximum Gasteiger partial charge on any atom is 0.300 e. The molecule has 1 aliphatic rings. The lowest BCUT2D eigenvalue weighted by Crippen LogP contribution is -1.95. The van der Waals surface area contributed by atoms with Crippen molar-refractivity contribution in [3.05, 3.63) is 22.2 Å². The summed E-state index contributed by atoms with van der Waals surface area (Å²) in [7, 11) is 0. The Morgan fingerprint density at radius 2 is 2.07 bits per heavy atom. The molecule has 0 unspecified atom stereocenters. The minimum atomic E-state index is -0.488. The van der Waals surface area contributed by atoms with Gasteiger partial charge in [-0.3, -0.25) is 10.1 Å². The molecule has 1 aliphatic heterocycles. The monoisotopic (exact) mass is 206 g/mol. The first-order valence-corrected chi connectivity index (χ1v) is 4.42. The van der Waals surface area contributed by atoms with Crippen molar-refractivity contribution >= 4 is 22.4 Å². The Morgan fingerprint density at radius 3 is 2.73 bits per heavy atom. The SMILES string of the molecule is O=[N+]([O-])c1ccc(N2CC2)c2nonc12. The Morgan fingerprint density at radius 1 is 1.33 bits per heavy atom. The second-order valence-corrected chi connectivity index (χ2v) is 3.31. The van der Waals surface area contributed by atoms with E-state index in [2.05, 4.69) is 14.9 Å². The zero-order chi connectivity index (χ0) is 10.4. The average Bonchev–Trinajstić information content (AvgIpc) is 2.93. The molecule has 15 heavy (non-hydrogen) atoms. The number of anilines is 1. The molecular formula is C8H6N4O3. The number of non-ortho nitro benzene ring substituents is 1. The summed E-state index contributed by atoms with van der Waals surface area (Å²) in [5.41, 5.74) is 1.44. The van der Waals surface area contributed by atoms with E-state index in [1.165, 1.54) is 6.07 Å². The van der Waals surface area contributed by atoms with Crippen molar-refractivity contribution in [2.24, 2.45) is 0 Å². The van der Waals surface area contributed by atoms with Gasteiger partial charge >= 0.3 is 5.69 Å². The molecule has 76 valence electrons. The molecule has 7 heteroatoms. The van der Waals surface area contributed by atoms with E-state index in [1.807, 2.05) is 4.90 Å². The maximum atomic E-state index is 10.7. The van der Waals surface area contributed by atoms with Crippen LogP contribution in [0.3, 0.4) is 0 Å². The number of nitro benzene ring substituents is 1. The topological polar surface area (TPSA) is 85.1 Å². The average molecular weight is 206 g/mol. The number of nitrogens with zero attached hydrogens (tertiary/aromatic N) is 4. The first kappa shape index (κ1) is 8.16. The van der Waals surface area contributed by atoms with E-state index in [4.69, 9.17) is 0 Å². The fraction of sp³-hybridized carbons (Fsp3) is 0.250. The molecule has 0 spiro atoms. The summed E-state index contributed by atoms with van der Waals surface area (Å²) in [4.78, 5) is 12.2. The summed E-state index contributed by atoms with van der Waals surface area (Å²) in [5, 5.41) is 17.9. The van der Waals surface area contributed by atoms with Gasteiger partial charge in [0.25, 0.3) is 0 Å². The highest BCUT2D eigenvalue weighted by molar-refractivity contribution is 5.94. The Labute approximate surface area is 83.4 Å². The van der Waals surface area contributed by atoms with Crippen molar-refractivity contribution < 1.29 is 9.55 Å². The number of fused-ring (bicyclic) bond motifs is 1. The van der Waals surface area contributed by atoms with Crippen LogP contribution in [0.25, 0.3) is 11.0 Å². The summed E-state index contributed by atoms with van der Waals surface area (Å²) in [6.45, 7) is 1.89. The van der Waals surface area contributed by atoms with Crippen LogP contribution in [0.1, 0.15) is 0 Å². The number of rotatable bonds is 2. The van der Waals surface area contributed by atoms with E-state index < -0.39 is 4.92 Å². The molecule has 0 saturated carbocycles. The van der Waals surface area contributed by atoms with E-state index in [1.54, 1.807) is 6.07 Å². The van der Waals surface area contributed by atoms with E-state index in [-0.39, 0.29) is 11.2 Å². The molecule has 1 saturated heterocycles. The van der Waals surface area contributed by atoms with E-state index >= 15 is 0 Å². The lowest BCUT2D eigenvalue weighted by molar-refractivity contribution is -0.383. The van der Waals surface area contributed by atoms with Crippen LogP contribution in [0.4, 0.5) is 11.4 Å². The fourth-order valence-electron chi connectivity index (χ4n) is 1.53. The maximum absolute atomic E-state index is 10.7. The molecular weight excluding hydrogens is 200 g/mol. The van der Waals surface area contributed by atoms with Crippen LogP contribution in [-0.4, -0.2) is 28.3 Å². The zero-order valence-electron chi connectivity index (χ0n) is 7.58. The molecule has 0 atom stereocenters. The molecule has 2 aromatic rings. The third-order valence-electron chi connectivity index (χ3n) is 2.36. The summed E-state index contributed by atoms with van der Waals surface area (Å²) in [6, 6.07) is 3.11. The molecule has 0 amide bonds. The van der Waals surface area contributed by atoms with Gasteiger partial charge in [0.15, 0.2) is 5.52 Å². The molecule has 1 aromatic carbocycles. The molecule has 0 N–H and O–H groups in total. The van der Waals surface area contributed by atoms with Crippen molar-refractivity contribution in [1.29, 1.82) is 0 Å². The Bertz CT molecular complexity index is 546. The lowest BCUT2D eigenvalue weighted by Gasteiger charge is -2.00. The number of aromatic nitrogens is 2. The molecule has 1 fully saturated rings. The third-order valence-corrected chi connectivity index (χ3v) is 2.36. The summed E-state index contributed by atoms with van der Waals surface area (Å²) >= 11 is 0. The van der Waals surface area contributed by atoms with E-state index in [0.29, 0.717) is 5.52 Å². The van der Waals surface area contributed by atoms with Gasteiger partial charge < -0.3 is 4.90 Å². The molecule has 0 aliphatic carbocycles. The van der Waals surface area contributed by atoms with E-state index in [0.717, 1.165) is 18.8 Å². The predicted molar refractivity (Wildman–Crippen MR) is 50.7 cm³/mol. The van der Waals surface area contributed by atoms with Crippen molar-refractivity contribution in [2.75, 3.05) is 18.0 Å². The second kappa shape index (κ2) is 2.66. The molecule has 2 heterocycles. The lowest BCUT2D eigenvalue weighted by atomic mass is 10.2. The fourth-order valence-corrected chi connectivity index (χ4v) is 1.53. The van der Waals surface area contributed by atoms with E-state index in [9.17, 15) is 10.1 Å². The van der Waals surface area contributed by atoms with Crippen LogP contribution >= 0.6 is 0 Å². The number of nitro groups is 1. The standard InChI is InChI=1S/C8H6N4O3/c13-12(14)6-2-1-5(11-3-4-11)7-8(6)10-15-9-7/h1-2H,3-4H2. The van der Waals surface area contributed by atoms with Crippen LogP contribution in [0.5, 0.6) is 0 Å². The van der Waals surface area contributed by atoms with Crippen molar-refractivity contribution in [3.8, 4) is 0 Å². The Kier molecular flexibility index (Phi) is 1.44. The quantitative estimate of drug-likeness (QED) is 0.413. The Hall–Kier alpha value is -2.18. The van der Waals surface area contributed by atoms with Gasteiger partial charge in [-0.1, -0.05) is 0 Å². The van der Waals surface area contributed by atoms with Gasteiger partial charge in [-0.05, 0) is 16.4 Å². The molecule has 3 rings (SSSR count). The van der Waals surface area contributed by atoms with Crippen LogP contribution in [0.15, 0.2) is 16.8 Å². The van der Waals surface area contributed by atoms with Gasteiger partial charge in [0.2, 0.25) is 5.52 Å². The summed E-state index contributed by atoms with van der Waals surface area (Å²) < 4.78 is 4.54. The predicted octanol–water partition coefficient (Wildman–Crippen LogP) is 0.951. The van der Waals surface area contributed by atoms with Crippen molar-refractivity contribution in [2.45, 2.75) is 0 Å². The molecule has 7 nitrogen and oxygen atoms in total. The first-order valence-electron chi connectivity index (χ1n) is 4.42. The highest BCUT2D eigenvalue weighted by atomic mass is 16.6. The highest BCUT2D eigenvalue weighted by Gasteiger charge is 2.26. The number of hydrogen-bond donors (Lipinski definition) is 0. The van der Waals surface area contributed by atoms with Gasteiger partial charge in [-0.25, -0.2) is 4.63 Å². The minimum absolute atomic E-state index is 0.0724. The second-order valence-electron chi connectivity index (χ2n) is 3.31. The summed E-state index contributed by atoms with van der Waals surface area (Å²) in [5.74, 6) is 0. The van der Waals surface area contributed by atoms with Gasteiger partial charge in [-0.2, -0.15) is 0 Å². The highest BCUT2D eigenvalue weighted by Crippen LogP contribution is 2.33. The third kappa shape index (κ3) is 1.13. The van der Waals surface area contributed by atoms with Crippen molar-refractivity contribution in [3.63, 3.8) is 0 Å². The normalized spacial score (nSPS) is 14.5. The first-order chi connectivity index (χ1) is 7.27. The summed E-state index contributed by atoms with van der Waals surface area (Å²) in [6.07, 6.45) is 0. The number of hydrogen-bond acceptors (Lipinski definition) is 6. The van der Waals surface area contributed by atoms with Gasteiger partial charge in [0.05, 0.1) is 10.6 Å². The van der Waals surface area contributed by atoms with Crippen molar-refractivity contribution in [1.82, 2.24) is 10.3 Å². The minimum Gasteiger partial charge on any atom is -0.366 e. The Balaban J connectivity index is 2.29. The van der Waals surface area contributed by atoms with Gasteiger partial charge in [-0.15, -0.1) is 0 Å². The molecule has 1 aromatic heterocycles. The van der Waals surface area contributed by atoms with Gasteiger partial charge in [0.1, 0.15) is 0 Å². The van der Waals surface area contributed by atoms with Crippen LogP contribution < -0.4 is 4.90 Å². The smallest absolute Gasteiger partial charge is 0.300 e. The van der Waals surface area contributed by atoms with Crippen LogP contribution in [0.2, 0.25) is 0 Å². The zero-order valence-corrected chi connectivity index (χ0v) is 7.58. The van der Waals surface area contributed by atoms with Crippen LogP contribution in [-0.2, 0) is 0 Å². The number of benzene rings is 1. The van der Waals surface area contributed by atoms with Crippen LogP contribution in [0, 0.1) is 10.1 Å². The largest absolute Gasteiger partial charge is 0.366 e. The molecule has 0 radical (unpaired) electrons. The van der Waals surface area contributed by atoms with Gasteiger partial charge in [0, 0.05) is 19.2 Å². The molecule has 0 bridgehead atoms.